The number of carbonyl (C=O) groups is 3. The van der Waals surface area contributed by atoms with Crippen LogP contribution in [0.2, 0.25) is 0 Å². The van der Waals surface area contributed by atoms with Crippen LogP contribution in [0.5, 0.6) is 5.75 Å². The molecule has 1 heterocycles. The number of aryl methyl sites for hydroxylation is 1. The van der Waals surface area contributed by atoms with Gasteiger partial charge >= 0.3 is 5.97 Å². The summed E-state index contributed by atoms with van der Waals surface area (Å²) in [4.78, 5) is 39.8. The monoisotopic (exact) mass is 499 g/mol. The number of aliphatic hydroxyl groups excluding tert-OH is 1. The number of hydrogen-bond acceptors (Lipinski definition) is 6. The molecule has 37 heavy (non-hydrogen) atoms. The highest BCUT2D eigenvalue weighted by Gasteiger charge is 2.47. The van der Waals surface area contributed by atoms with Crippen LogP contribution in [0.25, 0.3) is 5.76 Å². The van der Waals surface area contributed by atoms with Crippen molar-refractivity contribution in [1.29, 1.82) is 0 Å². The molecule has 0 spiro atoms. The zero-order valence-electron chi connectivity index (χ0n) is 21.1. The summed E-state index contributed by atoms with van der Waals surface area (Å²) in [6.07, 6.45) is 0.917. The van der Waals surface area contributed by atoms with Crippen molar-refractivity contribution in [2.45, 2.75) is 32.7 Å². The third kappa shape index (κ3) is 5.40. The Hall–Kier alpha value is -4.39. The zero-order chi connectivity index (χ0) is 26.5. The van der Waals surface area contributed by atoms with Crippen molar-refractivity contribution in [1.82, 2.24) is 0 Å². The molecule has 1 aliphatic heterocycles. The SMILES string of the molecule is CCCOc1cccc(/C(O)=C2/C(=O)C(=O)N(c3ccc(CC(=O)OC)cc3)C2c2cccc(C)c2)c1. The highest BCUT2D eigenvalue weighted by atomic mass is 16.5. The van der Waals surface area contributed by atoms with Crippen LogP contribution >= 0.6 is 0 Å². The van der Waals surface area contributed by atoms with E-state index >= 15 is 0 Å². The summed E-state index contributed by atoms with van der Waals surface area (Å²) in [6.45, 7) is 4.44. The Morgan fingerprint density at radius 3 is 2.41 bits per heavy atom. The van der Waals surface area contributed by atoms with E-state index in [4.69, 9.17) is 9.47 Å². The molecule has 7 heteroatoms. The van der Waals surface area contributed by atoms with Crippen LogP contribution in [0.15, 0.2) is 78.4 Å². The molecule has 7 nitrogen and oxygen atoms in total. The van der Waals surface area contributed by atoms with E-state index in [1.807, 2.05) is 38.1 Å². The lowest BCUT2D eigenvalue weighted by Crippen LogP contribution is -2.29. The molecular formula is C30H29NO6. The number of benzene rings is 3. The molecule has 3 aromatic carbocycles. The largest absolute Gasteiger partial charge is 0.507 e. The number of anilines is 1. The van der Waals surface area contributed by atoms with Gasteiger partial charge in [0, 0.05) is 11.3 Å². The first kappa shape index (κ1) is 25.7. The fraction of sp³-hybridized carbons (Fsp3) is 0.233. The first-order valence-electron chi connectivity index (χ1n) is 12.1. The van der Waals surface area contributed by atoms with E-state index in [1.54, 1.807) is 48.5 Å². The van der Waals surface area contributed by atoms with Crippen molar-refractivity contribution in [2.75, 3.05) is 18.6 Å². The van der Waals surface area contributed by atoms with Crippen LogP contribution in [0.4, 0.5) is 5.69 Å². The van der Waals surface area contributed by atoms with Gasteiger partial charge < -0.3 is 14.6 Å². The maximum Gasteiger partial charge on any atom is 0.309 e. The summed E-state index contributed by atoms with van der Waals surface area (Å²) in [6, 6.07) is 20.3. The molecule has 0 saturated carbocycles. The van der Waals surface area contributed by atoms with E-state index < -0.39 is 17.7 Å². The second kappa shape index (κ2) is 11.1. The number of hydrogen-bond donors (Lipinski definition) is 1. The van der Waals surface area contributed by atoms with Gasteiger partial charge in [-0.05, 0) is 48.7 Å². The predicted molar refractivity (Wildman–Crippen MR) is 140 cm³/mol. The topological polar surface area (TPSA) is 93.1 Å². The number of ketones is 1. The fourth-order valence-corrected chi connectivity index (χ4v) is 4.38. The molecule has 3 aromatic rings. The number of Topliss-reactive ketones (excluding diaryl/α,β-unsaturated/α-hetero) is 1. The van der Waals surface area contributed by atoms with Gasteiger partial charge in [0.1, 0.15) is 11.5 Å². The quantitative estimate of drug-likeness (QED) is 0.200. The highest BCUT2D eigenvalue weighted by Crippen LogP contribution is 2.42. The molecule has 1 atom stereocenters. The van der Waals surface area contributed by atoms with Crippen LogP contribution < -0.4 is 9.64 Å². The number of aliphatic hydroxyl groups is 1. The minimum atomic E-state index is -0.841. The van der Waals surface area contributed by atoms with Gasteiger partial charge in [-0.25, -0.2) is 0 Å². The lowest BCUT2D eigenvalue weighted by molar-refractivity contribution is -0.139. The van der Waals surface area contributed by atoms with E-state index in [9.17, 15) is 19.5 Å². The Kier molecular flexibility index (Phi) is 7.72. The average Bonchev–Trinajstić information content (AvgIpc) is 3.17. The number of ether oxygens (including phenoxy) is 2. The maximum absolute atomic E-state index is 13.4. The Morgan fingerprint density at radius 2 is 1.73 bits per heavy atom. The molecule has 190 valence electrons. The van der Waals surface area contributed by atoms with Crippen molar-refractivity contribution in [3.8, 4) is 5.75 Å². The van der Waals surface area contributed by atoms with E-state index in [2.05, 4.69) is 0 Å². The average molecular weight is 500 g/mol. The van der Waals surface area contributed by atoms with Gasteiger partial charge in [-0.15, -0.1) is 0 Å². The second-order valence-corrected chi connectivity index (χ2v) is 8.88. The summed E-state index contributed by atoms with van der Waals surface area (Å²) in [5.74, 6) is -1.60. The number of rotatable bonds is 8. The van der Waals surface area contributed by atoms with Gasteiger partial charge in [-0.3, -0.25) is 19.3 Å². The summed E-state index contributed by atoms with van der Waals surface area (Å²) in [5, 5.41) is 11.4. The molecule has 0 radical (unpaired) electrons. The van der Waals surface area contributed by atoms with Crippen LogP contribution in [0.3, 0.4) is 0 Å². The molecule has 1 saturated heterocycles. The van der Waals surface area contributed by atoms with Crippen molar-refractivity contribution < 1.29 is 29.0 Å². The molecule has 1 amide bonds. The first-order valence-corrected chi connectivity index (χ1v) is 12.1. The highest BCUT2D eigenvalue weighted by molar-refractivity contribution is 6.51. The van der Waals surface area contributed by atoms with E-state index in [-0.39, 0.29) is 23.7 Å². The fourth-order valence-electron chi connectivity index (χ4n) is 4.38. The van der Waals surface area contributed by atoms with Gasteiger partial charge in [-0.1, -0.05) is 61.0 Å². The number of amides is 1. The van der Waals surface area contributed by atoms with Gasteiger partial charge in [-0.2, -0.15) is 0 Å². The molecule has 1 aliphatic rings. The molecule has 4 rings (SSSR count). The van der Waals surface area contributed by atoms with Gasteiger partial charge in [0.15, 0.2) is 0 Å². The van der Waals surface area contributed by atoms with Crippen LogP contribution in [-0.4, -0.2) is 36.5 Å². The number of carbonyl (C=O) groups excluding carboxylic acids is 3. The minimum Gasteiger partial charge on any atom is -0.507 e. The second-order valence-electron chi connectivity index (χ2n) is 8.88. The zero-order valence-corrected chi connectivity index (χ0v) is 21.1. The Labute approximate surface area is 215 Å². The van der Waals surface area contributed by atoms with Crippen LogP contribution in [-0.2, 0) is 25.5 Å². The van der Waals surface area contributed by atoms with Crippen LogP contribution in [0.1, 0.15) is 41.6 Å². The third-order valence-electron chi connectivity index (χ3n) is 6.17. The van der Waals surface area contributed by atoms with Crippen LogP contribution in [0, 0.1) is 6.92 Å². The summed E-state index contributed by atoms with van der Waals surface area (Å²) in [5.41, 5.74) is 3.22. The Balaban J connectivity index is 1.82. The summed E-state index contributed by atoms with van der Waals surface area (Å²) in [7, 11) is 1.32. The lowest BCUT2D eigenvalue weighted by Gasteiger charge is -2.26. The standard InChI is InChI=1S/C30H29NO6/c1-4-15-37-24-10-6-9-22(18-24)28(33)26-27(21-8-5-7-19(2)16-21)31(30(35)29(26)34)23-13-11-20(12-14-23)17-25(32)36-3/h5-14,16,18,27,33H,4,15,17H2,1-3H3/b28-26-. The minimum absolute atomic E-state index is 0.00174. The number of methoxy groups -OCH3 is 1. The van der Waals surface area contributed by atoms with E-state index in [0.29, 0.717) is 34.7 Å². The van der Waals surface area contributed by atoms with E-state index in [0.717, 1.165) is 12.0 Å². The van der Waals surface area contributed by atoms with Crippen molar-refractivity contribution in [2.24, 2.45) is 0 Å². The molecule has 1 fully saturated rings. The molecule has 0 aromatic heterocycles. The number of esters is 1. The summed E-state index contributed by atoms with van der Waals surface area (Å²) >= 11 is 0. The molecule has 1 N–H and O–H groups in total. The Bertz CT molecular complexity index is 1360. The molecule has 0 aliphatic carbocycles. The normalized spacial score (nSPS) is 16.6. The maximum atomic E-state index is 13.4. The number of nitrogens with zero attached hydrogens (tertiary/aromatic N) is 1. The predicted octanol–water partition coefficient (Wildman–Crippen LogP) is 5.13. The van der Waals surface area contributed by atoms with Gasteiger partial charge in [0.2, 0.25) is 0 Å². The van der Waals surface area contributed by atoms with E-state index in [1.165, 1.54) is 12.0 Å². The van der Waals surface area contributed by atoms with Crippen molar-refractivity contribution >= 4 is 29.1 Å². The van der Waals surface area contributed by atoms with Gasteiger partial charge in [0.05, 0.1) is 31.8 Å². The molecule has 0 bridgehead atoms. The Morgan fingerprint density at radius 1 is 1.00 bits per heavy atom. The van der Waals surface area contributed by atoms with Crippen molar-refractivity contribution in [3.63, 3.8) is 0 Å². The summed E-state index contributed by atoms with van der Waals surface area (Å²) < 4.78 is 10.4. The molecular weight excluding hydrogens is 470 g/mol. The van der Waals surface area contributed by atoms with Crippen molar-refractivity contribution in [3.05, 3.63) is 101 Å². The third-order valence-corrected chi connectivity index (χ3v) is 6.17. The lowest BCUT2D eigenvalue weighted by atomic mass is 9.94. The van der Waals surface area contributed by atoms with Gasteiger partial charge in [0.25, 0.3) is 11.7 Å². The first-order chi connectivity index (χ1) is 17.8. The smallest absolute Gasteiger partial charge is 0.309 e. The molecule has 1 unspecified atom stereocenters.